The van der Waals surface area contributed by atoms with Gasteiger partial charge in [-0.25, -0.2) is 0 Å². The fourth-order valence-corrected chi connectivity index (χ4v) is 2.88. The maximum atomic E-state index is 11.9. The van der Waals surface area contributed by atoms with E-state index in [4.69, 9.17) is 4.74 Å². The number of carbonyl (C=O) groups is 1. The average Bonchev–Trinajstić information content (AvgIpc) is 2.60. The van der Waals surface area contributed by atoms with Crippen LogP contribution in [0.2, 0.25) is 0 Å². The molecule has 2 unspecified atom stereocenters. The second-order valence-electron chi connectivity index (χ2n) is 6.27. The number of ether oxygens (including phenoxy) is 1. The minimum absolute atomic E-state index is 0.0128. The van der Waals surface area contributed by atoms with Gasteiger partial charge in [0.1, 0.15) is 0 Å². The Bertz CT molecular complexity index is 362. The Morgan fingerprint density at radius 1 is 1.45 bits per heavy atom. The van der Waals surface area contributed by atoms with Crippen LogP contribution in [0.15, 0.2) is 23.3 Å². The zero-order valence-corrected chi connectivity index (χ0v) is 13.6. The molecular weight excluding hydrogens is 248 g/mol. The molecule has 0 fully saturated rings. The molecule has 0 aromatic rings. The van der Waals surface area contributed by atoms with Gasteiger partial charge in [-0.2, -0.15) is 0 Å². The van der Waals surface area contributed by atoms with Crippen LogP contribution in [0.3, 0.4) is 0 Å². The summed E-state index contributed by atoms with van der Waals surface area (Å²) in [7, 11) is 0. The van der Waals surface area contributed by atoms with Crippen molar-refractivity contribution in [2.75, 3.05) is 6.61 Å². The maximum absolute atomic E-state index is 11.9. The summed E-state index contributed by atoms with van der Waals surface area (Å²) in [6.45, 7) is 9.17. The van der Waals surface area contributed by atoms with E-state index in [1.54, 1.807) is 0 Å². The van der Waals surface area contributed by atoms with Crippen LogP contribution < -0.4 is 0 Å². The van der Waals surface area contributed by atoms with Gasteiger partial charge in [0.25, 0.3) is 0 Å². The third-order valence-corrected chi connectivity index (χ3v) is 3.75. The van der Waals surface area contributed by atoms with Crippen molar-refractivity contribution in [3.05, 3.63) is 23.3 Å². The van der Waals surface area contributed by atoms with Crippen molar-refractivity contribution < 1.29 is 9.53 Å². The van der Waals surface area contributed by atoms with Gasteiger partial charge in [-0.1, -0.05) is 37.1 Å². The van der Waals surface area contributed by atoms with E-state index in [2.05, 4.69) is 32.9 Å². The molecule has 0 aromatic carbocycles. The lowest BCUT2D eigenvalue weighted by Gasteiger charge is -2.14. The Balaban J connectivity index is 2.43. The Kier molecular flexibility index (Phi) is 7.64. The van der Waals surface area contributed by atoms with Crippen molar-refractivity contribution in [1.29, 1.82) is 0 Å². The minimum atomic E-state index is 0.0128. The van der Waals surface area contributed by atoms with Crippen LogP contribution in [-0.2, 0) is 9.53 Å². The second-order valence-corrected chi connectivity index (χ2v) is 6.27. The molecule has 0 spiro atoms. The van der Waals surface area contributed by atoms with Crippen LogP contribution in [0.5, 0.6) is 0 Å². The van der Waals surface area contributed by atoms with Crippen molar-refractivity contribution in [1.82, 2.24) is 0 Å². The zero-order chi connectivity index (χ0) is 15.0. The van der Waals surface area contributed by atoms with Gasteiger partial charge in [0.05, 0.1) is 12.5 Å². The number of allylic oxidation sites excluding steroid dienone is 4. The highest BCUT2D eigenvalue weighted by Crippen LogP contribution is 2.28. The van der Waals surface area contributed by atoms with Gasteiger partial charge in [-0.15, -0.1) is 0 Å². The number of hydrogen-bond acceptors (Lipinski definition) is 2. The van der Waals surface area contributed by atoms with Crippen molar-refractivity contribution in [2.24, 2.45) is 11.8 Å². The van der Waals surface area contributed by atoms with Gasteiger partial charge < -0.3 is 4.74 Å². The molecule has 0 N–H and O–H groups in total. The third kappa shape index (κ3) is 6.40. The molecule has 0 aromatic heterocycles. The maximum Gasteiger partial charge on any atom is 0.308 e. The van der Waals surface area contributed by atoms with Gasteiger partial charge in [-0.05, 0) is 58.3 Å². The predicted octanol–water partition coefficient (Wildman–Crippen LogP) is 5.05. The first-order valence-electron chi connectivity index (χ1n) is 8.02. The van der Waals surface area contributed by atoms with Gasteiger partial charge in [0.2, 0.25) is 0 Å². The van der Waals surface area contributed by atoms with E-state index in [0.717, 1.165) is 38.5 Å². The molecular formula is C18H30O2. The van der Waals surface area contributed by atoms with Gasteiger partial charge in [0.15, 0.2) is 0 Å². The molecule has 0 saturated heterocycles. The summed E-state index contributed by atoms with van der Waals surface area (Å²) in [5.41, 5.74) is 2.90. The Hall–Kier alpha value is -1.05. The number of carbonyl (C=O) groups excluding carboxylic acids is 1. The van der Waals surface area contributed by atoms with E-state index in [1.165, 1.54) is 11.1 Å². The lowest BCUT2D eigenvalue weighted by Crippen LogP contribution is -2.17. The number of hydrogen-bond donors (Lipinski definition) is 0. The molecule has 0 radical (unpaired) electrons. The predicted molar refractivity (Wildman–Crippen MR) is 84.5 cm³/mol. The van der Waals surface area contributed by atoms with E-state index in [0.29, 0.717) is 12.5 Å². The molecule has 1 aliphatic carbocycles. The monoisotopic (exact) mass is 278 g/mol. The molecule has 0 saturated carbocycles. The normalized spacial score (nSPS) is 20.6. The Morgan fingerprint density at radius 2 is 2.20 bits per heavy atom. The van der Waals surface area contributed by atoms with E-state index < -0.39 is 0 Å². The van der Waals surface area contributed by atoms with Crippen LogP contribution in [0.4, 0.5) is 0 Å². The first-order chi connectivity index (χ1) is 9.52. The molecule has 2 atom stereocenters. The smallest absolute Gasteiger partial charge is 0.308 e. The first kappa shape index (κ1) is 17.0. The summed E-state index contributed by atoms with van der Waals surface area (Å²) in [5.74, 6) is 0.711. The minimum Gasteiger partial charge on any atom is -0.465 e. The highest BCUT2D eigenvalue weighted by atomic mass is 16.5. The van der Waals surface area contributed by atoms with Crippen LogP contribution in [0.1, 0.15) is 66.2 Å². The number of esters is 1. The van der Waals surface area contributed by atoms with Crippen molar-refractivity contribution in [2.45, 2.75) is 66.2 Å². The molecule has 2 nitrogen and oxygen atoms in total. The topological polar surface area (TPSA) is 26.3 Å². The lowest BCUT2D eigenvalue weighted by atomic mass is 9.94. The molecule has 0 heterocycles. The van der Waals surface area contributed by atoms with Crippen LogP contribution in [0.25, 0.3) is 0 Å². The summed E-state index contributed by atoms with van der Waals surface area (Å²) in [6, 6.07) is 0. The van der Waals surface area contributed by atoms with Crippen molar-refractivity contribution in [3.63, 3.8) is 0 Å². The standard InChI is InChI=1S/C18H30O2/c1-5-11-20-18(19)17-8-6-7-16(9-10-17)13-15(4)12-14(2)3/h7,12,15,17H,5-6,8-11,13H2,1-4H3. The molecule has 0 aliphatic heterocycles. The molecule has 114 valence electrons. The molecule has 20 heavy (non-hydrogen) atoms. The van der Waals surface area contributed by atoms with E-state index >= 15 is 0 Å². The van der Waals surface area contributed by atoms with E-state index in [-0.39, 0.29) is 11.9 Å². The number of rotatable bonds is 6. The zero-order valence-electron chi connectivity index (χ0n) is 13.6. The second kappa shape index (κ2) is 8.99. The van der Waals surface area contributed by atoms with Crippen LogP contribution in [0, 0.1) is 11.8 Å². The van der Waals surface area contributed by atoms with Crippen LogP contribution in [-0.4, -0.2) is 12.6 Å². The molecule has 1 rings (SSSR count). The summed E-state index contributed by atoms with van der Waals surface area (Å²) in [4.78, 5) is 11.9. The van der Waals surface area contributed by atoms with Gasteiger partial charge in [-0.3, -0.25) is 4.79 Å². The summed E-state index contributed by atoms with van der Waals surface area (Å²) < 4.78 is 5.28. The Labute approximate surface area is 124 Å². The SMILES string of the molecule is CCCOC(=O)C1CCC=C(CC(C)C=C(C)C)CC1. The van der Waals surface area contributed by atoms with Crippen molar-refractivity contribution >= 4 is 5.97 Å². The largest absolute Gasteiger partial charge is 0.465 e. The lowest BCUT2D eigenvalue weighted by molar-refractivity contribution is -0.149. The first-order valence-corrected chi connectivity index (χ1v) is 8.02. The van der Waals surface area contributed by atoms with Gasteiger partial charge >= 0.3 is 5.97 Å². The average molecular weight is 278 g/mol. The molecule has 2 heteroatoms. The fraction of sp³-hybridized carbons (Fsp3) is 0.722. The van der Waals surface area contributed by atoms with Crippen molar-refractivity contribution in [3.8, 4) is 0 Å². The molecule has 0 bridgehead atoms. The molecule has 1 aliphatic rings. The van der Waals surface area contributed by atoms with E-state index in [1.807, 2.05) is 6.92 Å². The highest BCUT2D eigenvalue weighted by Gasteiger charge is 2.22. The summed E-state index contributed by atoms with van der Waals surface area (Å²) >= 11 is 0. The Morgan fingerprint density at radius 3 is 2.85 bits per heavy atom. The molecule has 0 amide bonds. The van der Waals surface area contributed by atoms with E-state index in [9.17, 15) is 4.79 Å². The summed E-state index contributed by atoms with van der Waals surface area (Å²) in [6.07, 6.45) is 10.7. The third-order valence-electron chi connectivity index (χ3n) is 3.75. The fourth-order valence-electron chi connectivity index (χ4n) is 2.88. The summed E-state index contributed by atoms with van der Waals surface area (Å²) in [5, 5.41) is 0. The quantitative estimate of drug-likeness (QED) is 0.502. The highest BCUT2D eigenvalue weighted by molar-refractivity contribution is 5.72. The van der Waals surface area contributed by atoms with Gasteiger partial charge in [0, 0.05) is 0 Å². The van der Waals surface area contributed by atoms with Crippen LogP contribution >= 0.6 is 0 Å².